The fourth-order valence-electron chi connectivity index (χ4n) is 2.87. The largest absolute Gasteiger partial charge is 0.480 e. The first-order valence-corrected chi connectivity index (χ1v) is 11.4. The van der Waals surface area contributed by atoms with Gasteiger partial charge in [-0.15, -0.1) is 6.92 Å². The van der Waals surface area contributed by atoms with Crippen LogP contribution >= 0.6 is 0 Å². The van der Waals surface area contributed by atoms with E-state index in [2.05, 4.69) is 17.4 Å². The smallest absolute Gasteiger partial charge is 0.329 e. The van der Waals surface area contributed by atoms with E-state index in [9.17, 15) is 14.7 Å². The minimum atomic E-state index is -1.08. The van der Waals surface area contributed by atoms with Gasteiger partial charge < -0.3 is 22.6 Å². The van der Waals surface area contributed by atoms with Crippen molar-refractivity contribution in [3.8, 4) is 0 Å². The van der Waals surface area contributed by atoms with Crippen LogP contribution in [0.3, 0.4) is 0 Å². The zero-order chi connectivity index (χ0) is 23.5. The van der Waals surface area contributed by atoms with Crippen LogP contribution in [0.15, 0.2) is 6.07 Å². The molecule has 1 aliphatic carbocycles. The van der Waals surface area contributed by atoms with Gasteiger partial charge in [-0.1, -0.05) is 81.6 Å². The number of hydrogen-bond acceptors (Lipinski definition) is 2. The molecule has 1 saturated carbocycles. The number of amides is 1. The van der Waals surface area contributed by atoms with Gasteiger partial charge in [0.25, 0.3) is 0 Å². The summed E-state index contributed by atoms with van der Waals surface area (Å²) >= 11 is 0. The fourth-order valence-corrected chi connectivity index (χ4v) is 2.87. The summed E-state index contributed by atoms with van der Waals surface area (Å²) in [6, 6.07) is 8.00. The van der Waals surface area contributed by atoms with E-state index in [0.29, 0.717) is 12.8 Å². The molecule has 179 valence electrons. The molecule has 0 bridgehead atoms. The number of hydrogen-bond donors (Lipinski definition) is 2. The number of aliphatic carboxylic acids is 1. The Morgan fingerprint density at radius 2 is 1.42 bits per heavy atom. The van der Waals surface area contributed by atoms with Crippen molar-refractivity contribution < 1.29 is 68.5 Å². The third-order valence-electron chi connectivity index (χ3n) is 4.15. The zero-order valence-corrected chi connectivity index (χ0v) is 27.3. The first-order valence-electron chi connectivity index (χ1n) is 11.4. The normalized spacial score (nSPS) is 12.5. The van der Waals surface area contributed by atoms with Crippen molar-refractivity contribution in [2.75, 3.05) is 0 Å². The molecule has 1 aliphatic rings. The van der Waals surface area contributed by atoms with E-state index in [1.165, 1.54) is 0 Å². The summed E-state index contributed by atoms with van der Waals surface area (Å²) in [6.45, 7) is 19.8. The molecule has 0 spiro atoms. The molecule has 1 aromatic carbocycles. The maximum Gasteiger partial charge on any atom is 0.329 e. The SMILES string of the molecule is CC.CC.CC.CC.Cc1[c-]cc(C)c(CC(=O)NC2(C(=O)O)CCCCC2)[c-]1.[W].[Y]. The monoisotopic (exact) mass is 680 g/mol. The predicted octanol–water partition coefficient (Wildman–Crippen LogP) is 6.45. The summed E-state index contributed by atoms with van der Waals surface area (Å²) in [6.07, 6.45) is 3.91. The first-order chi connectivity index (χ1) is 13.9. The molecule has 1 fully saturated rings. The van der Waals surface area contributed by atoms with Gasteiger partial charge in [0, 0.05) is 60.2 Å². The molecule has 2 N–H and O–H groups in total. The summed E-state index contributed by atoms with van der Waals surface area (Å²) in [7, 11) is 0. The van der Waals surface area contributed by atoms with Crippen molar-refractivity contribution in [2.24, 2.45) is 0 Å². The van der Waals surface area contributed by atoms with E-state index in [4.69, 9.17) is 0 Å². The van der Waals surface area contributed by atoms with Gasteiger partial charge in [0.1, 0.15) is 5.54 Å². The molecule has 31 heavy (non-hydrogen) atoms. The molecule has 2 rings (SSSR count). The van der Waals surface area contributed by atoms with E-state index in [-0.39, 0.29) is 66.1 Å². The van der Waals surface area contributed by atoms with Crippen molar-refractivity contribution >= 4 is 11.9 Å². The fraction of sp³-hybridized carbons (Fsp3) is 0.680. The Bertz CT molecular complexity index is 560. The number of nitrogens with one attached hydrogen (secondary N) is 1. The maximum absolute atomic E-state index is 12.2. The molecule has 1 amide bonds. The minimum absolute atomic E-state index is 0. The van der Waals surface area contributed by atoms with Gasteiger partial charge in [0.05, 0.1) is 0 Å². The van der Waals surface area contributed by atoms with Crippen molar-refractivity contribution in [3.05, 3.63) is 34.9 Å². The minimum Gasteiger partial charge on any atom is -0.480 e. The number of carboxylic acid groups (broad SMARTS) is 1. The Labute approximate surface area is 232 Å². The molecule has 0 aliphatic heterocycles. The Kier molecular flexibility index (Phi) is 34.9. The van der Waals surface area contributed by atoms with Crippen molar-refractivity contribution in [3.63, 3.8) is 0 Å². The summed E-state index contributed by atoms with van der Waals surface area (Å²) in [4.78, 5) is 23.8. The predicted molar refractivity (Wildman–Crippen MR) is 124 cm³/mol. The van der Waals surface area contributed by atoms with Crippen LogP contribution in [0.5, 0.6) is 0 Å². The van der Waals surface area contributed by atoms with E-state index in [0.717, 1.165) is 36.0 Å². The second kappa shape index (κ2) is 26.2. The Morgan fingerprint density at radius 1 is 0.968 bits per heavy atom. The third-order valence-corrected chi connectivity index (χ3v) is 4.15. The zero-order valence-electron chi connectivity index (χ0n) is 21.6. The van der Waals surface area contributed by atoms with Crippen molar-refractivity contribution in [1.82, 2.24) is 5.32 Å². The van der Waals surface area contributed by atoms with Gasteiger partial charge in [-0.25, -0.2) is 4.79 Å². The van der Waals surface area contributed by atoms with Crippen LogP contribution < -0.4 is 5.32 Å². The van der Waals surface area contributed by atoms with E-state index >= 15 is 0 Å². The second-order valence-corrected chi connectivity index (χ2v) is 5.87. The summed E-state index contributed by atoms with van der Waals surface area (Å²) < 4.78 is 0. The van der Waals surface area contributed by atoms with Gasteiger partial charge in [-0.2, -0.15) is 0 Å². The summed E-state index contributed by atoms with van der Waals surface area (Å²) in [5, 5.41) is 12.2. The summed E-state index contributed by atoms with van der Waals surface area (Å²) in [5.74, 6) is -1.17. The van der Waals surface area contributed by atoms with Gasteiger partial charge in [-0.05, 0) is 12.8 Å². The van der Waals surface area contributed by atoms with E-state index < -0.39 is 11.5 Å². The Hall–Kier alpha value is -0.0478. The molecule has 0 aromatic heterocycles. The Morgan fingerprint density at radius 3 is 1.84 bits per heavy atom. The van der Waals surface area contributed by atoms with Gasteiger partial charge >= 0.3 is 5.97 Å². The number of carboxylic acids is 1. The standard InChI is InChI=1S/C17H21NO3.4C2H6.W.Y/c1-12-6-7-13(2)14(10-12)11-15(19)18-17(16(20)21)8-4-3-5-9-17;4*1-2;;/h7H,3-5,8-9,11H2,1-2H3,(H,18,19)(H,20,21);4*1-2H3;;/q-2;;;;;;. The number of carbonyl (C=O) groups is 2. The van der Waals surface area contributed by atoms with Gasteiger partial charge in [0.15, 0.2) is 0 Å². The molecule has 4 nitrogen and oxygen atoms in total. The molecule has 0 unspecified atom stereocenters. The topological polar surface area (TPSA) is 66.4 Å². The molecule has 6 heteroatoms. The van der Waals surface area contributed by atoms with Crippen LogP contribution in [0.25, 0.3) is 0 Å². The third kappa shape index (κ3) is 16.2. The molecule has 1 radical (unpaired) electrons. The van der Waals surface area contributed by atoms with Gasteiger partial charge in [-0.3, -0.25) is 27.6 Å². The average molecular weight is 680 g/mol. The summed E-state index contributed by atoms with van der Waals surface area (Å²) in [5.41, 5.74) is 1.53. The molecule has 0 saturated heterocycles. The van der Waals surface area contributed by atoms with Crippen LogP contribution in [0, 0.1) is 26.0 Å². The number of carbonyl (C=O) groups excluding carboxylic acids is 1. The van der Waals surface area contributed by atoms with Crippen LogP contribution in [0.1, 0.15) is 104 Å². The first kappa shape index (κ1) is 41.2. The van der Waals surface area contributed by atoms with Crippen LogP contribution in [0.2, 0.25) is 0 Å². The number of rotatable bonds is 4. The molecule has 1 aromatic rings. The second-order valence-electron chi connectivity index (χ2n) is 5.87. The van der Waals surface area contributed by atoms with Crippen LogP contribution in [-0.4, -0.2) is 22.5 Å². The average Bonchev–Trinajstić information content (AvgIpc) is 2.77. The molecule has 0 heterocycles. The van der Waals surface area contributed by atoms with Crippen LogP contribution in [0.4, 0.5) is 0 Å². The maximum atomic E-state index is 12.2. The van der Waals surface area contributed by atoms with Crippen molar-refractivity contribution in [1.29, 1.82) is 0 Å². The molecular weight excluding hydrogens is 635 g/mol. The van der Waals surface area contributed by atoms with E-state index in [1.54, 1.807) is 0 Å². The van der Waals surface area contributed by atoms with Crippen molar-refractivity contribution in [2.45, 2.75) is 113 Å². The Balaban J connectivity index is -0.000000203. The quantitative estimate of drug-likeness (QED) is 0.360. The number of benzene rings is 1. The van der Waals surface area contributed by atoms with Gasteiger partial charge in [0.2, 0.25) is 5.91 Å². The molecule has 0 atom stereocenters. The van der Waals surface area contributed by atoms with E-state index in [1.807, 2.05) is 75.3 Å². The number of aryl methyl sites for hydroxylation is 2. The molecular formula is C25H45NO3WY-2. The van der Waals surface area contributed by atoms with Crippen LogP contribution in [-0.2, 0) is 69.8 Å².